The Morgan fingerprint density at radius 1 is 1.35 bits per heavy atom. The first-order chi connectivity index (χ1) is 10.9. The zero-order valence-electron chi connectivity index (χ0n) is 14.3. The summed E-state index contributed by atoms with van der Waals surface area (Å²) in [6.07, 6.45) is 2.04. The van der Waals surface area contributed by atoms with Crippen molar-refractivity contribution in [3.63, 3.8) is 0 Å². The van der Waals surface area contributed by atoms with E-state index in [4.69, 9.17) is 4.74 Å². The molecule has 1 saturated heterocycles. The molecule has 1 aliphatic heterocycles. The maximum Gasteiger partial charge on any atom is 0.340 e. The third kappa shape index (κ3) is 4.78. The number of hydrogen-bond acceptors (Lipinski definition) is 5. The summed E-state index contributed by atoms with van der Waals surface area (Å²) in [5.41, 5.74) is 0.447. The number of esters is 1. The molecule has 2 atom stereocenters. The number of ether oxygens (including phenoxy) is 1. The zero-order chi connectivity index (χ0) is 17.0. The maximum absolute atomic E-state index is 12.4. The van der Waals surface area contributed by atoms with E-state index >= 15 is 0 Å². The van der Waals surface area contributed by atoms with Crippen molar-refractivity contribution in [3.05, 3.63) is 16.5 Å². The van der Waals surface area contributed by atoms with Crippen molar-refractivity contribution in [1.82, 2.24) is 4.90 Å². The van der Waals surface area contributed by atoms with Gasteiger partial charge in [-0.1, -0.05) is 20.8 Å². The van der Waals surface area contributed by atoms with Gasteiger partial charge in [0.2, 0.25) is 5.91 Å². The van der Waals surface area contributed by atoms with Crippen LogP contribution in [0.3, 0.4) is 0 Å². The molecule has 2 heterocycles. The first-order valence-electron chi connectivity index (χ1n) is 8.16. The van der Waals surface area contributed by atoms with Gasteiger partial charge in [0, 0.05) is 18.0 Å². The van der Waals surface area contributed by atoms with Crippen LogP contribution in [0.1, 0.15) is 42.4 Å². The molecule has 1 aromatic heterocycles. The van der Waals surface area contributed by atoms with Crippen molar-refractivity contribution in [1.29, 1.82) is 0 Å². The number of amides is 1. The molecule has 0 unspecified atom stereocenters. The molecule has 5 nitrogen and oxygen atoms in total. The van der Waals surface area contributed by atoms with Crippen molar-refractivity contribution in [2.45, 2.75) is 33.6 Å². The van der Waals surface area contributed by atoms with Gasteiger partial charge in [0.05, 0.1) is 19.2 Å². The molecular formula is C17H26N2O3S. The van der Waals surface area contributed by atoms with E-state index in [0.29, 0.717) is 28.9 Å². The number of anilines is 1. The molecule has 0 aliphatic carbocycles. The maximum atomic E-state index is 12.4. The largest absolute Gasteiger partial charge is 0.465 e. The SMILES string of the molecule is CCc1cc(C(=O)OC)c(NC(=O)CN2C[C@H](C)C[C@@H](C)C2)s1. The summed E-state index contributed by atoms with van der Waals surface area (Å²) < 4.78 is 4.80. The Morgan fingerprint density at radius 2 is 2.00 bits per heavy atom. The van der Waals surface area contributed by atoms with E-state index in [2.05, 4.69) is 24.1 Å². The van der Waals surface area contributed by atoms with Gasteiger partial charge in [0.25, 0.3) is 0 Å². The van der Waals surface area contributed by atoms with Crippen molar-refractivity contribution >= 4 is 28.2 Å². The molecule has 0 radical (unpaired) electrons. The average Bonchev–Trinajstić information content (AvgIpc) is 2.88. The highest BCUT2D eigenvalue weighted by atomic mass is 32.1. The topological polar surface area (TPSA) is 58.6 Å². The fraction of sp³-hybridized carbons (Fsp3) is 0.647. The Morgan fingerprint density at radius 3 is 2.57 bits per heavy atom. The third-order valence-electron chi connectivity index (χ3n) is 4.10. The van der Waals surface area contributed by atoms with Crippen LogP contribution in [0.25, 0.3) is 0 Å². The first kappa shape index (κ1) is 17.9. The Hall–Kier alpha value is -1.40. The second-order valence-electron chi connectivity index (χ2n) is 6.49. The van der Waals surface area contributed by atoms with Crippen LogP contribution in [-0.4, -0.2) is 43.5 Å². The van der Waals surface area contributed by atoms with Gasteiger partial charge in [-0.05, 0) is 30.7 Å². The highest BCUT2D eigenvalue weighted by Crippen LogP contribution is 2.29. The lowest BCUT2D eigenvalue weighted by molar-refractivity contribution is -0.117. The van der Waals surface area contributed by atoms with Crippen LogP contribution >= 0.6 is 11.3 Å². The lowest BCUT2D eigenvalue weighted by Gasteiger charge is -2.34. The fourth-order valence-electron chi connectivity index (χ4n) is 3.26. The van der Waals surface area contributed by atoms with E-state index in [1.165, 1.54) is 24.9 Å². The number of aryl methyl sites for hydroxylation is 1. The summed E-state index contributed by atoms with van der Waals surface area (Å²) in [6.45, 7) is 8.74. The third-order valence-corrected chi connectivity index (χ3v) is 5.30. The first-order valence-corrected chi connectivity index (χ1v) is 8.97. The van der Waals surface area contributed by atoms with Crippen LogP contribution < -0.4 is 5.32 Å². The molecular weight excluding hydrogens is 312 g/mol. The van der Waals surface area contributed by atoms with Crippen LogP contribution in [0.4, 0.5) is 5.00 Å². The van der Waals surface area contributed by atoms with Crippen LogP contribution in [0.2, 0.25) is 0 Å². The summed E-state index contributed by atoms with van der Waals surface area (Å²) >= 11 is 1.44. The van der Waals surface area contributed by atoms with Gasteiger partial charge in [-0.25, -0.2) is 4.79 Å². The summed E-state index contributed by atoms with van der Waals surface area (Å²) in [7, 11) is 1.35. The second-order valence-corrected chi connectivity index (χ2v) is 7.63. The number of nitrogens with one attached hydrogen (secondary N) is 1. The number of nitrogens with zero attached hydrogens (tertiary/aromatic N) is 1. The predicted octanol–water partition coefficient (Wildman–Crippen LogP) is 3.01. The molecule has 2 rings (SSSR count). The van der Waals surface area contributed by atoms with Crippen LogP contribution in [0.15, 0.2) is 6.07 Å². The molecule has 1 N–H and O–H groups in total. The van der Waals surface area contributed by atoms with Gasteiger partial charge in [-0.3, -0.25) is 9.69 Å². The van der Waals surface area contributed by atoms with Gasteiger partial charge >= 0.3 is 5.97 Å². The predicted molar refractivity (Wildman–Crippen MR) is 93.1 cm³/mol. The Balaban J connectivity index is 2.02. The van der Waals surface area contributed by atoms with Gasteiger partial charge in [-0.2, -0.15) is 0 Å². The van der Waals surface area contributed by atoms with E-state index in [9.17, 15) is 9.59 Å². The Bertz CT molecular complexity index is 560. The van der Waals surface area contributed by atoms with E-state index in [0.717, 1.165) is 24.4 Å². The number of likely N-dealkylation sites (tertiary alicyclic amines) is 1. The van der Waals surface area contributed by atoms with E-state index in [-0.39, 0.29) is 5.91 Å². The standard InChI is InChI=1S/C17H26N2O3S/c1-5-13-7-14(17(21)22-4)16(23-13)18-15(20)10-19-8-11(2)6-12(3)9-19/h7,11-12H,5-6,8-10H2,1-4H3,(H,18,20)/t11-,12-/m1/s1. The minimum atomic E-state index is -0.406. The summed E-state index contributed by atoms with van der Waals surface area (Å²) in [6, 6.07) is 1.80. The number of piperidine rings is 1. The van der Waals surface area contributed by atoms with Crippen LogP contribution in [0, 0.1) is 11.8 Å². The molecule has 0 spiro atoms. The van der Waals surface area contributed by atoms with E-state index in [1.807, 2.05) is 6.92 Å². The zero-order valence-corrected chi connectivity index (χ0v) is 15.2. The minimum absolute atomic E-state index is 0.0686. The second kappa shape index (κ2) is 7.93. The summed E-state index contributed by atoms with van der Waals surface area (Å²) in [4.78, 5) is 27.5. The quantitative estimate of drug-likeness (QED) is 0.839. The fourth-order valence-corrected chi connectivity index (χ4v) is 4.26. The number of methoxy groups -OCH3 is 1. The molecule has 128 valence electrons. The van der Waals surface area contributed by atoms with Gasteiger partial charge in [0.1, 0.15) is 5.00 Å². The van der Waals surface area contributed by atoms with Crippen molar-refractivity contribution in [3.8, 4) is 0 Å². The van der Waals surface area contributed by atoms with Gasteiger partial charge in [0.15, 0.2) is 0 Å². The monoisotopic (exact) mass is 338 g/mol. The summed E-state index contributed by atoms with van der Waals surface area (Å²) in [5, 5.41) is 3.49. The van der Waals surface area contributed by atoms with E-state index < -0.39 is 5.97 Å². The highest BCUT2D eigenvalue weighted by molar-refractivity contribution is 7.16. The molecule has 6 heteroatoms. The normalized spacial score (nSPS) is 21.9. The van der Waals surface area contributed by atoms with Crippen molar-refractivity contribution < 1.29 is 14.3 Å². The number of hydrogen-bond donors (Lipinski definition) is 1. The lowest BCUT2D eigenvalue weighted by Crippen LogP contribution is -2.42. The summed E-state index contributed by atoms with van der Waals surface area (Å²) in [5.74, 6) is 0.758. The molecule has 1 amide bonds. The van der Waals surface area contributed by atoms with Crippen LogP contribution in [-0.2, 0) is 16.0 Å². The lowest BCUT2D eigenvalue weighted by atomic mass is 9.92. The number of thiophene rings is 1. The van der Waals surface area contributed by atoms with Crippen LogP contribution in [0.5, 0.6) is 0 Å². The smallest absolute Gasteiger partial charge is 0.340 e. The molecule has 1 aliphatic rings. The Labute approximate surface area is 142 Å². The van der Waals surface area contributed by atoms with E-state index in [1.54, 1.807) is 6.07 Å². The molecule has 23 heavy (non-hydrogen) atoms. The number of carbonyl (C=O) groups excluding carboxylic acids is 2. The molecule has 0 aromatic carbocycles. The Kier molecular flexibility index (Phi) is 6.18. The molecule has 1 aromatic rings. The molecule has 0 bridgehead atoms. The average molecular weight is 338 g/mol. The van der Waals surface area contributed by atoms with Gasteiger partial charge in [-0.15, -0.1) is 11.3 Å². The number of rotatable bonds is 5. The molecule has 1 fully saturated rings. The van der Waals surface area contributed by atoms with Crippen molar-refractivity contribution in [2.24, 2.45) is 11.8 Å². The van der Waals surface area contributed by atoms with Gasteiger partial charge < -0.3 is 10.1 Å². The minimum Gasteiger partial charge on any atom is -0.465 e. The van der Waals surface area contributed by atoms with Crippen molar-refractivity contribution in [2.75, 3.05) is 32.1 Å². The molecule has 0 saturated carbocycles. The number of carbonyl (C=O) groups is 2. The highest BCUT2D eigenvalue weighted by Gasteiger charge is 2.24.